The number of nitrogens with one attached hydrogen (secondary N) is 1. The van der Waals surface area contributed by atoms with Crippen molar-refractivity contribution in [3.63, 3.8) is 0 Å². The number of carbonyl (C=O) groups excluding carboxylic acids is 3. The van der Waals surface area contributed by atoms with Gasteiger partial charge in [0.25, 0.3) is 0 Å². The molecule has 3 rings (SSSR count). The van der Waals surface area contributed by atoms with Gasteiger partial charge in [0, 0.05) is 23.9 Å². The Morgan fingerprint density at radius 3 is 2.32 bits per heavy atom. The number of para-hydroxylation sites is 1. The molecule has 0 saturated carbocycles. The Hall–Kier alpha value is -2.67. The molecule has 1 N–H and O–H groups in total. The summed E-state index contributed by atoms with van der Waals surface area (Å²) in [5.41, 5.74) is 2.46. The first-order chi connectivity index (χ1) is 14.6. The van der Waals surface area contributed by atoms with Gasteiger partial charge in [0.15, 0.2) is 11.2 Å². The number of thioether (sulfide) groups is 1. The minimum atomic E-state index is -0.951. The van der Waals surface area contributed by atoms with Crippen molar-refractivity contribution in [2.45, 2.75) is 52.6 Å². The van der Waals surface area contributed by atoms with Crippen LogP contribution in [-0.2, 0) is 14.4 Å². The molecule has 164 valence electrons. The molecule has 2 heterocycles. The summed E-state index contributed by atoms with van der Waals surface area (Å²) in [5.74, 6) is -0.575. The topological polar surface area (TPSA) is 79.4 Å². The van der Waals surface area contributed by atoms with Gasteiger partial charge in [-0.15, -0.1) is 0 Å². The fraction of sp³-hybridized carbons (Fsp3) is 0.417. The first-order valence-corrected chi connectivity index (χ1v) is 11.3. The van der Waals surface area contributed by atoms with Crippen molar-refractivity contribution in [1.82, 2.24) is 10.3 Å². The lowest BCUT2D eigenvalue weighted by Crippen LogP contribution is -2.51. The lowest BCUT2D eigenvalue weighted by molar-refractivity contribution is -0.129. The second kappa shape index (κ2) is 9.22. The molecule has 6 nitrogen and oxygen atoms in total. The number of anilines is 1. The molecule has 1 saturated heterocycles. The SMILES string of the molecule is Cc1cccc(C)c1N(C(=O)[C@@H]1CSC(=O)C1)[C@@H](C(=O)NC(C)(C)C)c1ccccn1. The van der Waals surface area contributed by atoms with Crippen molar-refractivity contribution in [1.29, 1.82) is 0 Å². The number of rotatable bonds is 5. The molecule has 0 aliphatic carbocycles. The predicted molar refractivity (Wildman–Crippen MR) is 124 cm³/mol. The Bertz CT molecular complexity index is 965. The summed E-state index contributed by atoms with van der Waals surface area (Å²) >= 11 is 1.18. The fourth-order valence-corrected chi connectivity index (χ4v) is 4.75. The maximum Gasteiger partial charge on any atom is 0.249 e. The molecule has 1 aliphatic rings. The lowest BCUT2D eigenvalue weighted by Gasteiger charge is -2.36. The largest absolute Gasteiger partial charge is 0.349 e. The van der Waals surface area contributed by atoms with Gasteiger partial charge in [0.1, 0.15) is 0 Å². The molecular weight excluding hydrogens is 410 g/mol. The van der Waals surface area contributed by atoms with Crippen molar-refractivity contribution < 1.29 is 14.4 Å². The number of benzene rings is 1. The molecule has 2 aromatic rings. The summed E-state index contributed by atoms with van der Waals surface area (Å²) in [7, 11) is 0. The van der Waals surface area contributed by atoms with Crippen LogP contribution in [0.2, 0.25) is 0 Å². The van der Waals surface area contributed by atoms with E-state index >= 15 is 0 Å². The minimum absolute atomic E-state index is 0.00772. The quantitative estimate of drug-likeness (QED) is 0.763. The van der Waals surface area contributed by atoms with Gasteiger partial charge in [-0.1, -0.05) is 36.0 Å². The summed E-state index contributed by atoms with van der Waals surface area (Å²) in [6, 6.07) is 10.2. The zero-order chi connectivity index (χ0) is 22.8. The Balaban J connectivity index is 2.18. The van der Waals surface area contributed by atoms with Crippen molar-refractivity contribution in [2.24, 2.45) is 5.92 Å². The number of aryl methyl sites for hydroxylation is 2. The van der Waals surface area contributed by atoms with E-state index in [1.165, 1.54) is 11.8 Å². The molecule has 2 atom stereocenters. The standard InChI is InChI=1S/C24H29N3O3S/c1-15-9-8-10-16(2)20(15)27(23(30)17-13-19(28)31-14-17)21(18-11-6-7-12-25-18)22(29)26-24(3,4)5/h6-12,17,21H,13-14H2,1-5H3,(H,26,29)/t17-,21+/m0/s1. The molecule has 0 radical (unpaired) electrons. The van der Waals surface area contributed by atoms with Crippen molar-refractivity contribution in [3.05, 3.63) is 59.4 Å². The van der Waals surface area contributed by atoms with E-state index in [4.69, 9.17) is 0 Å². The van der Waals surface area contributed by atoms with Crippen molar-refractivity contribution in [3.8, 4) is 0 Å². The first-order valence-electron chi connectivity index (χ1n) is 10.4. The Labute approximate surface area is 187 Å². The van der Waals surface area contributed by atoms with Crippen LogP contribution in [0.5, 0.6) is 0 Å². The Kier molecular flexibility index (Phi) is 6.84. The molecule has 1 fully saturated rings. The maximum atomic E-state index is 13.8. The first kappa shape index (κ1) is 23.0. The Morgan fingerprint density at radius 2 is 1.81 bits per heavy atom. The number of nitrogens with zero attached hydrogens (tertiary/aromatic N) is 2. The van der Waals surface area contributed by atoms with Gasteiger partial charge in [-0.05, 0) is 57.9 Å². The molecule has 0 spiro atoms. The van der Waals surface area contributed by atoms with Crippen LogP contribution in [0, 0.1) is 19.8 Å². The van der Waals surface area contributed by atoms with Gasteiger partial charge in [0.2, 0.25) is 11.8 Å². The molecule has 1 aromatic carbocycles. The third kappa shape index (κ3) is 5.34. The van der Waals surface area contributed by atoms with Gasteiger partial charge in [-0.3, -0.25) is 24.3 Å². The average molecular weight is 440 g/mol. The van der Waals surface area contributed by atoms with E-state index in [9.17, 15) is 14.4 Å². The molecule has 1 aromatic heterocycles. The van der Waals surface area contributed by atoms with Crippen LogP contribution >= 0.6 is 11.8 Å². The van der Waals surface area contributed by atoms with Gasteiger partial charge in [0.05, 0.1) is 17.3 Å². The molecule has 31 heavy (non-hydrogen) atoms. The molecule has 0 bridgehead atoms. The zero-order valence-electron chi connectivity index (χ0n) is 18.6. The van der Waals surface area contributed by atoms with Gasteiger partial charge < -0.3 is 5.32 Å². The van der Waals surface area contributed by atoms with E-state index in [2.05, 4.69) is 10.3 Å². The van der Waals surface area contributed by atoms with Crippen LogP contribution in [0.3, 0.4) is 0 Å². The molecular formula is C24H29N3O3S. The smallest absolute Gasteiger partial charge is 0.249 e. The number of amides is 2. The van der Waals surface area contributed by atoms with E-state index in [0.29, 0.717) is 17.1 Å². The highest BCUT2D eigenvalue weighted by atomic mass is 32.2. The summed E-state index contributed by atoms with van der Waals surface area (Å²) < 4.78 is 0. The predicted octanol–water partition coefficient (Wildman–Crippen LogP) is 3.97. The molecule has 0 unspecified atom stereocenters. The number of aromatic nitrogens is 1. The highest BCUT2D eigenvalue weighted by Crippen LogP contribution is 2.37. The number of carbonyl (C=O) groups is 3. The van der Waals surface area contributed by atoms with Crippen LogP contribution in [0.25, 0.3) is 0 Å². The van der Waals surface area contributed by atoms with Crippen LogP contribution in [0.1, 0.15) is 50.1 Å². The second-order valence-electron chi connectivity index (χ2n) is 8.93. The monoisotopic (exact) mass is 439 g/mol. The molecule has 7 heteroatoms. The minimum Gasteiger partial charge on any atom is -0.349 e. The summed E-state index contributed by atoms with van der Waals surface area (Å²) in [6.45, 7) is 9.55. The van der Waals surface area contributed by atoms with Crippen LogP contribution in [0.15, 0.2) is 42.6 Å². The van der Waals surface area contributed by atoms with Gasteiger partial charge in [-0.2, -0.15) is 0 Å². The van der Waals surface area contributed by atoms with E-state index < -0.39 is 17.5 Å². The van der Waals surface area contributed by atoms with E-state index in [1.54, 1.807) is 23.2 Å². The number of hydrogen-bond donors (Lipinski definition) is 1. The lowest BCUT2D eigenvalue weighted by atomic mass is 9.98. The molecule has 2 amide bonds. The average Bonchev–Trinajstić information content (AvgIpc) is 3.12. The van der Waals surface area contributed by atoms with Gasteiger partial charge in [-0.25, -0.2) is 0 Å². The number of pyridine rings is 1. The van der Waals surface area contributed by atoms with Crippen LogP contribution < -0.4 is 10.2 Å². The summed E-state index contributed by atoms with van der Waals surface area (Å²) in [5, 5.41) is 3.02. The normalized spacial score (nSPS) is 17.3. The van der Waals surface area contributed by atoms with E-state index in [-0.39, 0.29) is 23.4 Å². The second-order valence-corrected chi connectivity index (χ2v) is 10.0. The fourth-order valence-electron chi connectivity index (χ4n) is 3.78. The highest BCUT2D eigenvalue weighted by Gasteiger charge is 2.41. The molecule has 1 aliphatic heterocycles. The highest BCUT2D eigenvalue weighted by molar-refractivity contribution is 8.14. The zero-order valence-corrected chi connectivity index (χ0v) is 19.5. The van der Waals surface area contributed by atoms with Crippen LogP contribution in [-0.4, -0.2) is 33.2 Å². The summed E-state index contributed by atoms with van der Waals surface area (Å²) in [6.07, 6.45) is 1.80. The van der Waals surface area contributed by atoms with Crippen molar-refractivity contribution >= 4 is 34.4 Å². The summed E-state index contributed by atoms with van der Waals surface area (Å²) in [4.78, 5) is 45.3. The third-order valence-corrected chi connectivity index (χ3v) is 6.16. The van der Waals surface area contributed by atoms with Crippen LogP contribution in [0.4, 0.5) is 5.69 Å². The third-order valence-electron chi connectivity index (χ3n) is 5.10. The Morgan fingerprint density at radius 1 is 1.13 bits per heavy atom. The van der Waals surface area contributed by atoms with E-state index in [1.807, 2.05) is 58.9 Å². The van der Waals surface area contributed by atoms with E-state index in [0.717, 1.165) is 11.1 Å². The van der Waals surface area contributed by atoms with Crippen molar-refractivity contribution in [2.75, 3.05) is 10.7 Å². The maximum absolute atomic E-state index is 13.8. The van der Waals surface area contributed by atoms with Gasteiger partial charge >= 0.3 is 0 Å². The number of hydrogen-bond acceptors (Lipinski definition) is 5.